The average molecular weight is 288 g/mol. The van der Waals surface area contributed by atoms with Crippen LogP contribution < -0.4 is 5.32 Å². The molecule has 0 aromatic carbocycles. The molecule has 0 radical (unpaired) electrons. The number of ether oxygens (including phenoxy) is 1. The van der Waals surface area contributed by atoms with E-state index in [-0.39, 0.29) is 12.1 Å². The van der Waals surface area contributed by atoms with Crippen molar-refractivity contribution in [2.24, 2.45) is 0 Å². The van der Waals surface area contributed by atoms with E-state index in [2.05, 4.69) is 18.5 Å². The van der Waals surface area contributed by atoms with Crippen LogP contribution in [0, 0.1) is 0 Å². The fraction of sp³-hybridized carbons (Fsp3) is 0.929. The molecule has 1 saturated heterocycles. The maximum atomic E-state index is 12.1. The maximum absolute atomic E-state index is 12.1. The molecule has 1 aliphatic heterocycles. The maximum Gasteiger partial charge on any atom is 0.410 e. The van der Waals surface area contributed by atoms with Gasteiger partial charge in [0.25, 0.3) is 0 Å². The standard InChI is InChI=1S/C14H28N2O2S/c1-11(10-19-5)15-9-12-7-6-8-16(12)13(17)18-14(2,3)4/h11-12,15H,6-10H2,1-5H3. The van der Waals surface area contributed by atoms with Gasteiger partial charge in [-0.15, -0.1) is 0 Å². The molecule has 0 aliphatic carbocycles. The van der Waals surface area contributed by atoms with Gasteiger partial charge in [-0.1, -0.05) is 0 Å². The Hall–Kier alpha value is -0.420. The van der Waals surface area contributed by atoms with E-state index in [1.807, 2.05) is 37.4 Å². The number of nitrogens with one attached hydrogen (secondary N) is 1. The Kier molecular flexibility index (Phi) is 6.47. The van der Waals surface area contributed by atoms with Crippen LogP contribution in [0.1, 0.15) is 40.5 Å². The van der Waals surface area contributed by atoms with E-state index in [1.165, 1.54) is 0 Å². The van der Waals surface area contributed by atoms with Crippen LogP contribution in [0.2, 0.25) is 0 Å². The minimum atomic E-state index is -0.413. The van der Waals surface area contributed by atoms with Gasteiger partial charge in [-0.25, -0.2) is 4.79 Å². The van der Waals surface area contributed by atoms with Crippen molar-refractivity contribution in [2.75, 3.05) is 25.1 Å². The summed E-state index contributed by atoms with van der Waals surface area (Å²) in [5.74, 6) is 1.10. The summed E-state index contributed by atoms with van der Waals surface area (Å²) in [7, 11) is 0. The van der Waals surface area contributed by atoms with Crippen LogP contribution in [0.25, 0.3) is 0 Å². The van der Waals surface area contributed by atoms with E-state index in [0.29, 0.717) is 6.04 Å². The van der Waals surface area contributed by atoms with Gasteiger partial charge in [-0.05, 0) is 46.8 Å². The predicted octanol–water partition coefficient (Wildman–Crippen LogP) is 2.73. The van der Waals surface area contributed by atoms with Gasteiger partial charge >= 0.3 is 6.09 Å². The highest BCUT2D eigenvalue weighted by atomic mass is 32.2. The fourth-order valence-electron chi connectivity index (χ4n) is 2.25. The smallest absolute Gasteiger partial charge is 0.410 e. The molecule has 4 nitrogen and oxygen atoms in total. The molecule has 1 heterocycles. The summed E-state index contributed by atoms with van der Waals surface area (Å²) < 4.78 is 5.46. The molecule has 2 unspecified atom stereocenters. The van der Waals surface area contributed by atoms with Crippen molar-refractivity contribution in [3.8, 4) is 0 Å². The first-order valence-electron chi connectivity index (χ1n) is 7.05. The van der Waals surface area contributed by atoms with Gasteiger partial charge in [0.1, 0.15) is 5.60 Å². The zero-order valence-electron chi connectivity index (χ0n) is 12.9. The normalized spacial score (nSPS) is 21.5. The van der Waals surface area contributed by atoms with Crippen LogP contribution >= 0.6 is 11.8 Å². The fourth-order valence-corrected chi connectivity index (χ4v) is 2.87. The molecule has 1 fully saturated rings. The van der Waals surface area contributed by atoms with Crippen LogP contribution in [-0.4, -0.2) is 53.8 Å². The topological polar surface area (TPSA) is 41.6 Å². The molecule has 5 heteroatoms. The molecule has 0 aromatic heterocycles. The van der Waals surface area contributed by atoms with Crippen molar-refractivity contribution in [1.29, 1.82) is 0 Å². The summed E-state index contributed by atoms with van der Waals surface area (Å²) in [6.07, 6.45) is 4.08. The van der Waals surface area contributed by atoms with E-state index < -0.39 is 5.60 Å². The van der Waals surface area contributed by atoms with Crippen molar-refractivity contribution in [2.45, 2.75) is 58.2 Å². The summed E-state index contributed by atoms with van der Waals surface area (Å²) >= 11 is 1.84. The number of nitrogens with zero attached hydrogens (tertiary/aromatic N) is 1. The van der Waals surface area contributed by atoms with E-state index in [4.69, 9.17) is 4.74 Å². The number of thioether (sulfide) groups is 1. The number of rotatable bonds is 5. The number of amides is 1. The Morgan fingerprint density at radius 1 is 1.53 bits per heavy atom. The Balaban J connectivity index is 2.43. The zero-order chi connectivity index (χ0) is 14.5. The summed E-state index contributed by atoms with van der Waals surface area (Å²) in [6, 6.07) is 0.759. The van der Waals surface area contributed by atoms with Crippen LogP contribution in [0.15, 0.2) is 0 Å². The number of likely N-dealkylation sites (tertiary alicyclic amines) is 1. The second-order valence-electron chi connectivity index (χ2n) is 6.23. The van der Waals surface area contributed by atoms with Crippen molar-refractivity contribution in [1.82, 2.24) is 10.2 Å². The lowest BCUT2D eigenvalue weighted by molar-refractivity contribution is 0.0225. The lowest BCUT2D eigenvalue weighted by Crippen LogP contribution is -2.46. The molecular weight excluding hydrogens is 260 g/mol. The zero-order valence-corrected chi connectivity index (χ0v) is 13.7. The van der Waals surface area contributed by atoms with Crippen LogP contribution in [0.3, 0.4) is 0 Å². The van der Waals surface area contributed by atoms with E-state index >= 15 is 0 Å². The van der Waals surface area contributed by atoms with Gasteiger partial charge in [0.15, 0.2) is 0 Å². The number of carbonyl (C=O) groups is 1. The molecule has 19 heavy (non-hydrogen) atoms. The summed E-state index contributed by atoms with van der Waals surface area (Å²) in [4.78, 5) is 14.0. The summed E-state index contributed by atoms with van der Waals surface area (Å²) in [5, 5.41) is 3.50. The third kappa shape index (κ3) is 6.04. The minimum Gasteiger partial charge on any atom is -0.444 e. The van der Waals surface area contributed by atoms with Gasteiger partial charge in [0, 0.05) is 30.9 Å². The first kappa shape index (κ1) is 16.6. The SMILES string of the molecule is CSCC(C)NCC1CCCN1C(=O)OC(C)(C)C. The van der Waals surface area contributed by atoms with Crippen LogP contribution in [0.4, 0.5) is 4.79 Å². The Morgan fingerprint density at radius 3 is 2.79 bits per heavy atom. The highest BCUT2D eigenvalue weighted by Crippen LogP contribution is 2.20. The van der Waals surface area contributed by atoms with Crippen molar-refractivity contribution >= 4 is 17.9 Å². The van der Waals surface area contributed by atoms with Gasteiger partial charge in [-0.2, -0.15) is 11.8 Å². The van der Waals surface area contributed by atoms with Gasteiger partial charge in [0.05, 0.1) is 0 Å². The third-order valence-electron chi connectivity index (χ3n) is 3.12. The summed E-state index contributed by atoms with van der Waals surface area (Å²) in [5.41, 5.74) is -0.413. The number of hydrogen-bond donors (Lipinski definition) is 1. The molecule has 0 saturated carbocycles. The predicted molar refractivity (Wildman–Crippen MR) is 81.8 cm³/mol. The van der Waals surface area contributed by atoms with Gasteiger partial charge in [0.2, 0.25) is 0 Å². The van der Waals surface area contributed by atoms with Crippen molar-refractivity contribution < 1.29 is 9.53 Å². The lowest BCUT2D eigenvalue weighted by Gasteiger charge is -2.29. The molecular formula is C14H28N2O2S. The highest BCUT2D eigenvalue weighted by molar-refractivity contribution is 7.98. The van der Waals surface area contributed by atoms with Crippen LogP contribution in [0.5, 0.6) is 0 Å². The second kappa shape index (κ2) is 7.39. The molecule has 1 amide bonds. The molecule has 0 spiro atoms. The quantitative estimate of drug-likeness (QED) is 0.844. The Morgan fingerprint density at radius 2 is 2.21 bits per heavy atom. The average Bonchev–Trinajstić information content (AvgIpc) is 2.72. The molecule has 0 bridgehead atoms. The number of carbonyl (C=O) groups excluding carboxylic acids is 1. The molecule has 1 N–H and O–H groups in total. The third-order valence-corrected chi connectivity index (χ3v) is 3.96. The van der Waals surface area contributed by atoms with Gasteiger partial charge in [-0.3, -0.25) is 0 Å². The van der Waals surface area contributed by atoms with Crippen LogP contribution in [-0.2, 0) is 4.74 Å². The van der Waals surface area contributed by atoms with E-state index in [1.54, 1.807) is 0 Å². The molecule has 1 aliphatic rings. The van der Waals surface area contributed by atoms with Crippen molar-refractivity contribution in [3.63, 3.8) is 0 Å². The van der Waals surface area contributed by atoms with Gasteiger partial charge < -0.3 is 15.0 Å². The molecule has 1 rings (SSSR count). The monoisotopic (exact) mass is 288 g/mol. The number of hydrogen-bond acceptors (Lipinski definition) is 4. The first-order chi connectivity index (χ1) is 8.83. The Bertz CT molecular complexity index is 292. The van der Waals surface area contributed by atoms with E-state index in [0.717, 1.165) is 31.7 Å². The van der Waals surface area contributed by atoms with Crippen molar-refractivity contribution in [3.05, 3.63) is 0 Å². The molecule has 2 atom stereocenters. The minimum absolute atomic E-state index is 0.172. The second-order valence-corrected chi connectivity index (χ2v) is 7.15. The Labute approximate surface area is 121 Å². The summed E-state index contributed by atoms with van der Waals surface area (Å²) in [6.45, 7) is 9.60. The lowest BCUT2D eigenvalue weighted by atomic mass is 10.2. The van der Waals surface area contributed by atoms with E-state index in [9.17, 15) is 4.79 Å². The highest BCUT2D eigenvalue weighted by Gasteiger charge is 2.31. The first-order valence-corrected chi connectivity index (χ1v) is 8.45. The largest absolute Gasteiger partial charge is 0.444 e. The molecule has 112 valence electrons. The molecule has 0 aromatic rings.